The summed E-state index contributed by atoms with van der Waals surface area (Å²) in [5.74, 6) is -0.465. The summed E-state index contributed by atoms with van der Waals surface area (Å²) in [4.78, 5) is 27.1. The van der Waals surface area contributed by atoms with E-state index in [1.54, 1.807) is 12.1 Å². The summed E-state index contributed by atoms with van der Waals surface area (Å²) in [6.07, 6.45) is 0. The van der Waals surface area contributed by atoms with Crippen LogP contribution < -0.4 is 4.84 Å². The minimum Gasteiger partial charge on any atom is -0.336 e. The Balaban J connectivity index is 2.25. The highest BCUT2D eigenvalue weighted by atomic mass is 16.7. The number of non-ortho nitro benzene ring substituents is 1. The Morgan fingerprint density at radius 3 is 2.50 bits per heavy atom. The van der Waals surface area contributed by atoms with Gasteiger partial charge in [0.2, 0.25) is 0 Å². The lowest BCUT2D eigenvalue weighted by atomic mass is 10.1. The molecule has 0 spiro atoms. The molecule has 110 valence electrons. The van der Waals surface area contributed by atoms with Crippen LogP contribution in [0.4, 0.5) is 5.69 Å². The van der Waals surface area contributed by atoms with Gasteiger partial charge in [-0.05, 0) is 12.1 Å². The highest BCUT2D eigenvalue weighted by Crippen LogP contribution is 2.29. The molecule has 0 unspecified atom stereocenters. The van der Waals surface area contributed by atoms with Crippen LogP contribution in [0.3, 0.4) is 0 Å². The molecular formula is C16H12N2O4. The van der Waals surface area contributed by atoms with Crippen LogP contribution >= 0.6 is 0 Å². The first-order valence-corrected chi connectivity index (χ1v) is 6.60. The summed E-state index contributed by atoms with van der Waals surface area (Å²) in [5.41, 5.74) is 2.10. The zero-order chi connectivity index (χ0) is 15.7. The predicted molar refractivity (Wildman–Crippen MR) is 81.3 cm³/mol. The Morgan fingerprint density at radius 1 is 1.14 bits per heavy atom. The summed E-state index contributed by atoms with van der Waals surface area (Å²) in [6.45, 7) is 1.31. The zero-order valence-electron chi connectivity index (χ0n) is 11.7. The standard InChI is InChI=1S/C16H12N2O4/c1-11(19)22-17-15-8-7-14(18(20)21)9-13(15)10-16(17)12-5-3-2-4-6-12/h2-10H,1H3. The molecule has 0 atom stereocenters. The van der Waals surface area contributed by atoms with E-state index in [9.17, 15) is 14.9 Å². The Kier molecular flexibility index (Phi) is 3.34. The average Bonchev–Trinajstić information content (AvgIpc) is 2.85. The number of benzene rings is 2. The monoisotopic (exact) mass is 296 g/mol. The van der Waals surface area contributed by atoms with Crippen LogP contribution in [0.2, 0.25) is 0 Å². The largest absolute Gasteiger partial charge is 0.336 e. The van der Waals surface area contributed by atoms with Crippen molar-refractivity contribution >= 4 is 22.6 Å². The predicted octanol–water partition coefficient (Wildman–Crippen LogP) is 3.19. The molecule has 0 bridgehead atoms. The molecule has 1 aromatic heterocycles. The molecule has 0 saturated heterocycles. The second-order valence-corrected chi connectivity index (χ2v) is 4.77. The van der Waals surface area contributed by atoms with Crippen LogP contribution in [-0.2, 0) is 4.79 Å². The first-order chi connectivity index (χ1) is 10.6. The van der Waals surface area contributed by atoms with Crippen LogP contribution in [0, 0.1) is 10.1 Å². The Bertz CT molecular complexity index is 868. The van der Waals surface area contributed by atoms with Gasteiger partial charge in [0.05, 0.1) is 16.1 Å². The number of hydrogen-bond acceptors (Lipinski definition) is 4. The average molecular weight is 296 g/mol. The van der Waals surface area contributed by atoms with Gasteiger partial charge in [0.1, 0.15) is 0 Å². The van der Waals surface area contributed by atoms with Gasteiger partial charge in [-0.2, -0.15) is 4.73 Å². The van der Waals surface area contributed by atoms with Crippen LogP contribution in [0.25, 0.3) is 22.2 Å². The van der Waals surface area contributed by atoms with E-state index in [0.29, 0.717) is 16.6 Å². The summed E-state index contributed by atoms with van der Waals surface area (Å²) in [7, 11) is 0. The molecule has 0 aliphatic carbocycles. The van der Waals surface area contributed by atoms with Gasteiger partial charge >= 0.3 is 5.97 Å². The zero-order valence-corrected chi connectivity index (χ0v) is 11.7. The van der Waals surface area contributed by atoms with E-state index in [1.807, 2.05) is 30.3 Å². The maximum atomic E-state index is 11.4. The number of nitro benzene ring substituents is 1. The molecule has 3 rings (SSSR count). The Hall–Kier alpha value is -3.15. The third kappa shape index (κ3) is 2.42. The van der Waals surface area contributed by atoms with Gasteiger partial charge in [0.25, 0.3) is 5.69 Å². The highest BCUT2D eigenvalue weighted by molar-refractivity contribution is 5.89. The van der Waals surface area contributed by atoms with E-state index < -0.39 is 10.9 Å². The smallest absolute Gasteiger partial charge is 0.329 e. The highest BCUT2D eigenvalue weighted by Gasteiger charge is 2.16. The third-order valence-electron chi connectivity index (χ3n) is 3.24. The van der Waals surface area contributed by atoms with E-state index in [2.05, 4.69) is 0 Å². The molecule has 2 aromatic carbocycles. The van der Waals surface area contributed by atoms with Gasteiger partial charge in [-0.15, -0.1) is 0 Å². The van der Waals surface area contributed by atoms with Crippen molar-refractivity contribution in [3.8, 4) is 11.3 Å². The lowest BCUT2D eigenvalue weighted by molar-refractivity contribution is -0.384. The summed E-state index contributed by atoms with van der Waals surface area (Å²) >= 11 is 0. The molecule has 0 aliphatic rings. The SMILES string of the molecule is CC(=O)On1c(-c2ccccc2)cc2cc([N+](=O)[O-])ccc21. The van der Waals surface area contributed by atoms with E-state index in [1.165, 1.54) is 23.8 Å². The van der Waals surface area contributed by atoms with Crippen molar-refractivity contribution in [1.29, 1.82) is 0 Å². The van der Waals surface area contributed by atoms with Gasteiger partial charge in [-0.1, -0.05) is 30.3 Å². The minimum atomic E-state index is -0.465. The molecule has 0 fully saturated rings. The number of rotatable bonds is 3. The van der Waals surface area contributed by atoms with Crippen molar-refractivity contribution in [3.63, 3.8) is 0 Å². The van der Waals surface area contributed by atoms with Crippen molar-refractivity contribution < 1.29 is 14.6 Å². The quantitative estimate of drug-likeness (QED) is 0.549. The topological polar surface area (TPSA) is 74.4 Å². The number of carbonyl (C=O) groups excluding carboxylic acids is 1. The molecule has 0 saturated carbocycles. The molecular weight excluding hydrogens is 284 g/mol. The molecule has 6 heteroatoms. The second kappa shape index (κ2) is 5.33. The van der Waals surface area contributed by atoms with Gasteiger partial charge in [0.15, 0.2) is 0 Å². The molecule has 0 amide bonds. The van der Waals surface area contributed by atoms with E-state index in [4.69, 9.17) is 4.84 Å². The summed E-state index contributed by atoms with van der Waals surface area (Å²) in [5, 5.41) is 11.5. The fraction of sp³-hybridized carbons (Fsp3) is 0.0625. The fourth-order valence-corrected chi connectivity index (χ4v) is 2.33. The molecule has 1 heterocycles. The Labute approximate surface area is 125 Å². The van der Waals surface area contributed by atoms with Crippen molar-refractivity contribution in [2.75, 3.05) is 0 Å². The maximum Gasteiger partial charge on any atom is 0.329 e. The van der Waals surface area contributed by atoms with E-state index >= 15 is 0 Å². The molecule has 22 heavy (non-hydrogen) atoms. The summed E-state index contributed by atoms with van der Waals surface area (Å²) in [6, 6.07) is 15.6. The lowest BCUT2D eigenvalue weighted by Crippen LogP contribution is -2.17. The van der Waals surface area contributed by atoms with Crippen LogP contribution in [0.5, 0.6) is 0 Å². The molecule has 0 radical (unpaired) electrons. The fourth-order valence-electron chi connectivity index (χ4n) is 2.33. The van der Waals surface area contributed by atoms with Crippen LogP contribution in [-0.4, -0.2) is 15.6 Å². The van der Waals surface area contributed by atoms with Crippen LogP contribution in [0.15, 0.2) is 54.6 Å². The normalized spacial score (nSPS) is 10.6. The first-order valence-electron chi connectivity index (χ1n) is 6.60. The van der Waals surface area contributed by atoms with E-state index in [0.717, 1.165) is 5.56 Å². The van der Waals surface area contributed by atoms with Gasteiger partial charge in [0, 0.05) is 30.0 Å². The summed E-state index contributed by atoms with van der Waals surface area (Å²) < 4.78 is 1.40. The lowest BCUT2D eigenvalue weighted by Gasteiger charge is -2.09. The molecule has 0 N–H and O–H groups in total. The maximum absolute atomic E-state index is 11.4. The number of hydrogen-bond donors (Lipinski definition) is 0. The second-order valence-electron chi connectivity index (χ2n) is 4.77. The number of fused-ring (bicyclic) bond motifs is 1. The number of carbonyl (C=O) groups is 1. The Morgan fingerprint density at radius 2 is 1.86 bits per heavy atom. The first kappa shape index (κ1) is 13.8. The van der Waals surface area contributed by atoms with Crippen LogP contribution in [0.1, 0.15) is 6.92 Å². The number of nitrogens with zero attached hydrogens (tertiary/aromatic N) is 2. The third-order valence-corrected chi connectivity index (χ3v) is 3.24. The minimum absolute atomic E-state index is 0.00733. The van der Waals surface area contributed by atoms with Gasteiger partial charge in [-0.3, -0.25) is 10.1 Å². The van der Waals surface area contributed by atoms with Crippen molar-refractivity contribution in [2.45, 2.75) is 6.92 Å². The van der Waals surface area contributed by atoms with Crippen molar-refractivity contribution in [2.24, 2.45) is 0 Å². The molecule has 6 nitrogen and oxygen atoms in total. The van der Waals surface area contributed by atoms with Gasteiger partial charge < -0.3 is 4.84 Å². The van der Waals surface area contributed by atoms with Crippen molar-refractivity contribution in [1.82, 2.24) is 4.73 Å². The number of aromatic nitrogens is 1. The molecule has 3 aromatic rings. The van der Waals surface area contributed by atoms with Crippen molar-refractivity contribution in [3.05, 3.63) is 64.7 Å². The van der Waals surface area contributed by atoms with Gasteiger partial charge in [-0.25, -0.2) is 4.79 Å². The molecule has 0 aliphatic heterocycles. The van der Waals surface area contributed by atoms with E-state index in [-0.39, 0.29) is 5.69 Å². The number of nitro groups is 1.